The summed E-state index contributed by atoms with van der Waals surface area (Å²) in [5, 5.41) is 16.5. The first kappa shape index (κ1) is 11.8. The quantitative estimate of drug-likeness (QED) is 0.723. The second-order valence-corrected chi connectivity index (χ2v) is 4.01. The van der Waals surface area contributed by atoms with Gasteiger partial charge >= 0.3 is 0 Å². The Bertz CT molecular complexity index is 500. The third-order valence-corrected chi connectivity index (χ3v) is 2.80. The van der Waals surface area contributed by atoms with Crippen molar-refractivity contribution >= 4 is 23.1 Å². The van der Waals surface area contributed by atoms with Gasteiger partial charge in [0.15, 0.2) is 0 Å². The van der Waals surface area contributed by atoms with Gasteiger partial charge in [0.2, 0.25) is 0 Å². The Hall–Kier alpha value is -1.72. The predicted octanol–water partition coefficient (Wildman–Crippen LogP) is 1.60. The number of anilines is 2. The molecule has 5 nitrogen and oxygen atoms in total. The number of aliphatic hydroxyl groups is 1. The largest absolute Gasteiger partial charge is 0.384 e. The van der Waals surface area contributed by atoms with E-state index < -0.39 is 0 Å². The molecule has 0 radical (unpaired) electrons. The molecule has 0 aliphatic heterocycles. The van der Waals surface area contributed by atoms with Gasteiger partial charge in [0.25, 0.3) is 0 Å². The standard InChI is InChI=1S/C11H13ClN4O/c12-9-3-1-2-4-10(9)16(7-17)6-8-5-14-15-11(8)13/h1-5,17H,6-7H2,(H3,13,14,15). The van der Waals surface area contributed by atoms with Crippen LogP contribution in [-0.2, 0) is 6.54 Å². The molecule has 4 N–H and O–H groups in total. The van der Waals surface area contributed by atoms with Crippen molar-refractivity contribution in [1.82, 2.24) is 10.2 Å². The zero-order chi connectivity index (χ0) is 12.3. The van der Waals surface area contributed by atoms with E-state index in [0.29, 0.717) is 17.4 Å². The summed E-state index contributed by atoms with van der Waals surface area (Å²) >= 11 is 6.07. The Balaban J connectivity index is 2.23. The molecular formula is C11H13ClN4O. The Morgan fingerprint density at radius 1 is 1.41 bits per heavy atom. The fourth-order valence-electron chi connectivity index (χ4n) is 1.57. The summed E-state index contributed by atoms with van der Waals surface area (Å²) in [6, 6.07) is 7.32. The molecule has 0 fully saturated rings. The summed E-state index contributed by atoms with van der Waals surface area (Å²) in [7, 11) is 0. The van der Waals surface area contributed by atoms with Crippen LogP contribution < -0.4 is 10.6 Å². The number of aliphatic hydroxyl groups excluding tert-OH is 1. The van der Waals surface area contributed by atoms with Crippen LogP contribution in [0.2, 0.25) is 5.02 Å². The number of nitrogens with zero attached hydrogens (tertiary/aromatic N) is 2. The number of rotatable bonds is 4. The molecule has 0 aliphatic rings. The second kappa shape index (κ2) is 5.07. The van der Waals surface area contributed by atoms with Crippen LogP contribution in [0.25, 0.3) is 0 Å². The number of aromatic nitrogens is 2. The zero-order valence-corrected chi connectivity index (χ0v) is 9.85. The minimum Gasteiger partial charge on any atom is -0.384 e. The number of nitrogens with two attached hydrogens (primary N) is 1. The van der Waals surface area contributed by atoms with Crippen molar-refractivity contribution in [3.8, 4) is 0 Å². The lowest BCUT2D eigenvalue weighted by atomic mass is 10.2. The lowest BCUT2D eigenvalue weighted by molar-refractivity contribution is 0.289. The van der Waals surface area contributed by atoms with Crippen molar-refractivity contribution in [2.75, 3.05) is 17.4 Å². The number of hydrogen-bond donors (Lipinski definition) is 3. The lowest BCUT2D eigenvalue weighted by Gasteiger charge is -2.22. The van der Waals surface area contributed by atoms with Gasteiger partial charge in [0.05, 0.1) is 23.5 Å². The first-order valence-electron chi connectivity index (χ1n) is 5.10. The summed E-state index contributed by atoms with van der Waals surface area (Å²) in [6.45, 7) is 0.303. The third-order valence-electron chi connectivity index (χ3n) is 2.48. The maximum Gasteiger partial charge on any atom is 0.123 e. The van der Waals surface area contributed by atoms with Crippen molar-refractivity contribution in [3.05, 3.63) is 41.0 Å². The molecule has 2 rings (SSSR count). The topological polar surface area (TPSA) is 78.2 Å². The Labute approximate surface area is 104 Å². The van der Waals surface area contributed by atoms with Crippen molar-refractivity contribution in [1.29, 1.82) is 0 Å². The first-order valence-corrected chi connectivity index (χ1v) is 5.48. The minimum absolute atomic E-state index is 0.144. The van der Waals surface area contributed by atoms with Crippen LogP contribution in [0.1, 0.15) is 5.56 Å². The van der Waals surface area contributed by atoms with Crippen LogP contribution in [0.3, 0.4) is 0 Å². The number of aromatic amines is 1. The molecule has 0 aliphatic carbocycles. The van der Waals surface area contributed by atoms with Crippen LogP contribution in [0.15, 0.2) is 30.5 Å². The molecule has 0 amide bonds. The van der Waals surface area contributed by atoms with Crippen LogP contribution in [0.5, 0.6) is 0 Å². The highest BCUT2D eigenvalue weighted by Crippen LogP contribution is 2.26. The summed E-state index contributed by atoms with van der Waals surface area (Å²) in [4.78, 5) is 1.71. The van der Waals surface area contributed by atoms with E-state index in [0.717, 1.165) is 11.3 Å². The van der Waals surface area contributed by atoms with Gasteiger partial charge in [0.1, 0.15) is 12.5 Å². The molecule has 0 bridgehead atoms. The molecule has 1 aromatic heterocycles. The van der Waals surface area contributed by atoms with Gasteiger partial charge in [-0.25, -0.2) is 0 Å². The molecule has 1 aromatic carbocycles. The fraction of sp³-hybridized carbons (Fsp3) is 0.182. The highest BCUT2D eigenvalue weighted by Gasteiger charge is 2.11. The van der Waals surface area contributed by atoms with Crippen molar-refractivity contribution in [3.63, 3.8) is 0 Å². The van der Waals surface area contributed by atoms with E-state index in [2.05, 4.69) is 10.2 Å². The molecule has 0 unspecified atom stereocenters. The number of nitrogens with one attached hydrogen (secondary N) is 1. The van der Waals surface area contributed by atoms with Crippen molar-refractivity contribution < 1.29 is 5.11 Å². The zero-order valence-electron chi connectivity index (χ0n) is 9.10. The lowest BCUT2D eigenvalue weighted by Crippen LogP contribution is -2.24. The highest BCUT2D eigenvalue weighted by atomic mass is 35.5. The molecule has 0 saturated heterocycles. The molecule has 17 heavy (non-hydrogen) atoms. The van der Waals surface area contributed by atoms with Crippen LogP contribution >= 0.6 is 11.6 Å². The van der Waals surface area contributed by atoms with Gasteiger partial charge in [-0.1, -0.05) is 23.7 Å². The van der Waals surface area contributed by atoms with E-state index >= 15 is 0 Å². The molecule has 90 valence electrons. The number of benzene rings is 1. The minimum atomic E-state index is -0.144. The van der Waals surface area contributed by atoms with Gasteiger partial charge in [-0.05, 0) is 12.1 Å². The Morgan fingerprint density at radius 2 is 2.18 bits per heavy atom. The van der Waals surface area contributed by atoms with E-state index in [1.165, 1.54) is 0 Å². The number of para-hydroxylation sites is 1. The van der Waals surface area contributed by atoms with Gasteiger partial charge in [0, 0.05) is 5.56 Å². The predicted molar refractivity (Wildman–Crippen MR) is 67.7 cm³/mol. The first-order chi connectivity index (χ1) is 8.22. The van der Waals surface area contributed by atoms with E-state index in [-0.39, 0.29) is 6.73 Å². The van der Waals surface area contributed by atoms with Crippen LogP contribution in [-0.4, -0.2) is 22.0 Å². The third kappa shape index (κ3) is 2.51. The SMILES string of the molecule is Nc1[nH]ncc1CN(CO)c1ccccc1Cl. The van der Waals surface area contributed by atoms with E-state index in [9.17, 15) is 5.11 Å². The van der Waals surface area contributed by atoms with Gasteiger partial charge in [-0.15, -0.1) is 0 Å². The van der Waals surface area contributed by atoms with E-state index in [1.54, 1.807) is 17.2 Å². The summed E-state index contributed by atoms with van der Waals surface area (Å²) < 4.78 is 0. The summed E-state index contributed by atoms with van der Waals surface area (Å²) in [5.74, 6) is 0.496. The summed E-state index contributed by atoms with van der Waals surface area (Å²) in [6.07, 6.45) is 1.63. The second-order valence-electron chi connectivity index (χ2n) is 3.60. The van der Waals surface area contributed by atoms with Crippen LogP contribution in [0.4, 0.5) is 11.5 Å². The molecule has 2 aromatic rings. The van der Waals surface area contributed by atoms with Crippen molar-refractivity contribution in [2.24, 2.45) is 0 Å². The average molecular weight is 253 g/mol. The molecule has 0 saturated carbocycles. The van der Waals surface area contributed by atoms with Crippen LogP contribution in [0, 0.1) is 0 Å². The Kier molecular flexibility index (Phi) is 3.51. The van der Waals surface area contributed by atoms with Gasteiger partial charge in [-0.3, -0.25) is 5.10 Å². The highest BCUT2D eigenvalue weighted by molar-refractivity contribution is 6.33. The van der Waals surface area contributed by atoms with Crippen molar-refractivity contribution in [2.45, 2.75) is 6.54 Å². The van der Waals surface area contributed by atoms with E-state index in [1.807, 2.05) is 18.2 Å². The average Bonchev–Trinajstić information content (AvgIpc) is 2.73. The van der Waals surface area contributed by atoms with Gasteiger partial charge < -0.3 is 15.7 Å². The summed E-state index contributed by atoms with van der Waals surface area (Å²) in [5.41, 5.74) is 7.28. The van der Waals surface area contributed by atoms with E-state index in [4.69, 9.17) is 17.3 Å². The molecular weight excluding hydrogens is 240 g/mol. The number of hydrogen-bond acceptors (Lipinski definition) is 4. The molecule has 6 heteroatoms. The molecule has 0 spiro atoms. The Morgan fingerprint density at radius 3 is 2.76 bits per heavy atom. The smallest absolute Gasteiger partial charge is 0.123 e. The fourth-order valence-corrected chi connectivity index (χ4v) is 1.83. The normalized spacial score (nSPS) is 10.5. The number of H-pyrrole nitrogens is 1. The maximum absolute atomic E-state index is 9.39. The van der Waals surface area contributed by atoms with Gasteiger partial charge in [-0.2, -0.15) is 5.10 Å². The number of halogens is 1. The molecule has 1 heterocycles. The maximum atomic E-state index is 9.39. The number of nitrogen functional groups attached to an aromatic ring is 1. The molecule has 0 atom stereocenters. The monoisotopic (exact) mass is 252 g/mol.